The van der Waals surface area contributed by atoms with E-state index in [1.807, 2.05) is 0 Å². The summed E-state index contributed by atoms with van der Waals surface area (Å²) in [5, 5.41) is 2.90. The summed E-state index contributed by atoms with van der Waals surface area (Å²) in [5.74, 6) is 0.667. The van der Waals surface area contributed by atoms with Crippen molar-refractivity contribution in [1.82, 2.24) is 5.32 Å². The average Bonchev–Trinajstić information content (AvgIpc) is 2.34. The molecule has 0 bridgehead atoms. The number of halogens is 1. The molecule has 0 aromatic carbocycles. The van der Waals surface area contributed by atoms with Gasteiger partial charge in [0.1, 0.15) is 0 Å². The summed E-state index contributed by atoms with van der Waals surface area (Å²) >= 11 is 5.46. The molecular formula is C11H20ClNO3. The molecule has 0 spiro atoms. The number of hydrogen-bond donors (Lipinski definition) is 1. The number of ether oxygens (including phenoxy) is 2. The predicted octanol–water partition coefficient (Wildman–Crippen LogP) is 1.17. The van der Waals surface area contributed by atoms with Gasteiger partial charge in [-0.15, -0.1) is 11.6 Å². The van der Waals surface area contributed by atoms with Gasteiger partial charge in [0.15, 0.2) is 0 Å². The Kier molecular flexibility index (Phi) is 7.55. The molecule has 1 rings (SSSR count). The second kappa shape index (κ2) is 8.79. The van der Waals surface area contributed by atoms with Crippen LogP contribution in [0, 0.1) is 5.92 Å². The van der Waals surface area contributed by atoms with Gasteiger partial charge in [0.2, 0.25) is 5.91 Å². The Morgan fingerprint density at radius 1 is 1.50 bits per heavy atom. The molecule has 4 nitrogen and oxygen atoms in total. The Morgan fingerprint density at radius 2 is 2.38 bits per heavy atom. The first-order valence-electron chi connectivity index (χ1n) is 5.83. The van der Waals surface area contributed by atoms with E-state index < -0.39 is 0 Å². The van der Waals surface area contributed by atoms with Crippen molar-refractivity contribution >= 4 is 17.5 Å². The van der Waals surface area contributed by atoms with Crippen LogP contribution in [0.25, 0.3) is 0 Å². The van der Waals surface area contributed by atoms with Crippen LogP contribution < -0.4 is 5.32 Å². The number of nitrogens with one attached hydrogen (secondary N) is 1. The van der Waals surface area contributed by atoms with Crippen LogP contribution in [0.3, 0.4) is 0 Å². The molecule has 0 saturated carbocycles. The molecule has 1 heterocycles. The molecule has 1 amide bonds. The van der Waals surface area contributed by atoms with E-state index in [9.17, 15) is 4.79 Å². The SMILES string of the molecule is O=C(NCCCOCCCl)C1CCCOC1. The molecule has 94 valence electrons. The van der Waals surface area contributed by atoms with Crippen molar-refractivity contribution in [3.8, 4) is 0 Å². The number of carbonyl (C=O) groups is 1. The zero-order valence-electron chi connectivity index (χ0n) is 9.54. The van der Waals surface area contributed by atoms with Crippen LogP contribution >= 0.6 is 11.6 Å². The highest BCUT2D eigenvalue weighted by molar-refractivity contribution is 6.17. The fourth-order valence-electron chi connectivity index (χ4n) is 1.63. The average molecular weight is 250 g/mol. The normalized spacial score (nSPS) is 20.7. The molecule has 1 aliphatic rings. The second-order valence-corrected chi connectivity index (χ2v) is 4.24. The zero-order chi connectivity index (χ0) is 11.6. The molecule has 1 unspecified atom stereocenters. The Bertz CT molecular complexity index is 196. The van der Waals surface area contributed by atoms with Crippen LogP contribution in [0.15, 0.2) is 0 Å². The number of alkyl halides is 1. The van der Waals surface area contributed by atoms with E-state index in [1.165, 1.54) is 0 Å². The standard InChI is InChI=1S/C11H20ClNO3/c12-4-8-15-7-2-5-13-11(14)10-3-1-6-16-9-10/h10H,1-9H2,(H,13,14). The van der Waals surface area contributed by atoms with Gasteiger partial charge in [-0.2, -0.15) is 0 Å². The monoisotopic (exact) mass is 249 g/mol. The van der Waals surface area contributed by atoms with Gasteiger partial charge in [0.25, 0.3) is 0 Å². The molecule has 0 radical (unpaired) electrons. The third-order valence-electron chi connectivity index (χ3n) is 2.52. The van der Waals surface area contributed by atoms with Crippen molar-refractivity contribution < 1.29 is 14.3 Å². The minimum atomic E-state index is 0.0394. The fourth-order valence-corrected chi connectivity index (χ4v) is 1.74. The first kappa shape index (κ1) is 13.7. The van der Waals surface area contributed by atoms with Gasteiger partial charge in [-0.1, -0.05) is 0 Å². The molecule has 1 saturated heterocycles. The summed E-state index contributed by atoms with van der Waals surface area (Å²) in [5.41, 5.74) is 0. The van der Waals surface area contributed by atoms with Gasteiger partial charge in [-0.05, 0) is 19.3 Å². The summed E-state index contributed by atoms with van der Waals surface area (Å²) in [4.78, 5) is 11.6. The summed E-state index contributed by atoms with van der Waals surface area (Å²) in [6, 6.07) is 0. The van der Waals surface area contributed by atoms with E-state index >= 15 is 0 Å². The van der Waals surface area contributed by atoms with Crippen LogP contribution in [0.2, 0.25) is 0 Å². The summed E-state index contributed by atoms with van der Waals surface area (Å²) in [6.45, 7) is 3.24. The van der Waals surface area contributed by atoms with Crippen molar-refractivity contribution in [3.05, 3.63) is 0 Å². The van der Waals surface area contributed by atoms with Crippen LogP contribution in [-0.2, 0) is 14.3 Å². The van der Waals surface area contributed by atoms with Crippen molar-refractivity contribution in [3.63, 3.8) is 0 Å². The predicted molar refractivity (Wildman–Crippen MR) is 62.7 cm³/mol. The number of hydrogen-bond acceptors (Lipinski definition) is 3. The van der Waals surface area contributed by atoms with Crippen molar-refractivity contribution in [2.45, 2.75) is 19.3 Å². The molecule has 1 aliphatic heterocycles. The largest absolute Gasteiger partial charge is 0.381 e. The molecular weight excluding hydrogens is 230 g/mol. The first-order chi connectivity index (χ1) is 7.84. The van der Waals surface area contributed by atoms with Crippen molar-refractivity contribution in [1.29, 1.82) is 0 Å². The van der Waals surface area contributed by atoms with Crippen LogP contribution in [0.5, 0.6) is 0 Å². The Morgan fingerprint density at radius 3 is 3.06 bits per heavy atom. The summed E-state index contributed by atoms with van der Waals surface area (Å²) < 4.78 is 10.5. The lowest BCUT2D eigenvalue weighted by molar-refractivity contribution is -0.128. The lowest BCUT2D eigenvalue weighted by Gasteiger charge is -2.21. The Balaban J connectivity index is 1.97. The van der Waals surface area contributed by atoms with E-state index in [1.54, 1.807) is 0 Å². The molecule has 5 heteroatoms. The highest BCUT2D eigenvalue weighted by Crippen LogP contribution is 2.13. The van der Waals surface area contributed by atoms with Crippen LogP contribution in [0.4, 0.5) is 0 Å². The number of amides is 1. The van der Waals surface area contributed by atoms with E-state index in [4.69, 9.17) is 21.1 Å². The first-order valence-corrected chi connectivity index (χ1v) is 6.37. The Hall–Kier alpha value is -0.320. The molecule has 0 aromatic rings. The zero-order valence-corrected chi connectivity index (χ0v) is 10.3. The number of carbonyl (C=O) groups excluding carboxylic acids is 1. The molecule has 0 aliphatic carbocycles. The maximum atomic E-state index is 11.6. The highest BCUT2D eigenvalue weighted by Gasteiger charge is 2.20. The third kappa shape index (κ3) is 5.68. The van der Waals surface area contributed by atoms with E-state index in [2.05, 4.69) is 5.32 Å². The summed E-state index contributed by atoms with van der Waals surface area (Å²) in [6.07, 6.45) is 2.75. The lowest BCUT2D eigenvalue weighted by atomic mass is 10.0. The third-order valence-corrected chi connectivity index (χ3v) is 2.67. The molecule has 1 atom stereocenters. The minimum absolute atomic E-state index is 0.0394. The summed E-state index contributed by atoms with van der Waals surface area (Å²) in [7, 11) is 0. The van der Waals surface area contributed by atoms with Gasteiger partial charge < -0.3 is 14.8 Å². The number of rotatable bonds is 7. The highest BCUT2D eigenvalue weighted by atomic mass is 35.5. The van der Waals surface area contributed by atoms with Crippen LogP contribution in [-0.4, -0.2) is 44.8 Å². The maximum Gasteiger partial charge on any atom is 0.225 e. The van der Waals surface area contributed by atoms with Crippen molar-refractivity contribution in [2.24, 2.45) is 5.92 Å². The second-order valence-electron chi connectivity index (χ2n) is 3.86. The Labute approximate surface area is 102 Å². The minimum Gasteiger partial charge on any atom is -0.381 e. The topological polar surface area (TPSA) is 47.6 Å². The molecule has 0 aromatic heterocycles. The van der Waals surface area contributed by atoms with E-state index in [0.717, 1.165) is 25.9 Å². The quantitative estimate of drug-likeness (QED) is 0.544. The van der Waals surface area contributed by atoms with E-state index in [-0.39, 0.29) is 11.8 Å². The molecule has 16 heavy (non-hydrogen) atoms. The van der Waals surface area contributed by atoms with Gasteiger partial charge >= 0.3 is 0 Å². The molecule has 1 N–H and O–H groups in total. The van der Waals surface area contributed by atoms with E-state index in [0.29, 0.717) is 32.2 Å². The van der Waals surface area contributed by atoms with Gasteiger partial charge in [-0.25, -0.2) is 0 Å². The fraction of sp³-hybridized carbons (Fsp3) is 0.909. The smallest absolute Gasteiger partial charge is 0.225 e. The van der Waals surface area contributed by atoms with Crippen molar-refractivity contribution in [2.75, 3.05) is 38.9 Å². The van der Waals surface area contributed by atoms with Gasteiger partial charge in [-0.3, -0.25) is 4.79 Å². The molecule has 1 fully saturated rings. The van der Waals surface area contributed by atoms with Gasteiger partial charge in [0.05, 0.1) is 19.1 Å². The lowest BCUT2D eigenvalue weighted by Crippen LogP contribution is -2.36. The maximum absolute atomic E-state index is 11.6. The van der Waals surface area contributed by atoms with Gasteiger partial charge in [0, 0.05) is 25.6 Å². The van der Waals surface area contributed by atoms with Crippen LogP contribution in [0.1, 0.15) is 19.3 Å².